The fourth-order valence-electron chi connectivity index (χ4n) is 6.40. The minimum atomic E-state index is -0.727. The molecule has 43 heavy (non-hydrogen) atoms. The summed E-state index contributed by atoms with van der Waals surface area (Å²) in [5, 5.41) is 25.9. The predicted octanol–water partition coefficient (Wildman–Crippen LogP) is 5.03. The maximum Gasteiger partial charge on any atom is 0.305 e. The third-order valence-electron chi connectivity index (χ3n) is 9.00. The molecule has 2 aliphatic heterocycles. The summed E-state index contributed by atoms with van der Waals surface area (Å²) in [6.45, 7) is 8.56. The van der Waals surface area contributed by atoms with E-state index in [4.69, 9.17) is 4.74 Å². The van der Waals surface area contributed by atoms with Gasteiger partial charge >= 0.3 is 4.87 Å². The number of morpholine rings is 1. The third-order valence-corrected chi connectivity index (χ3v) is 10.8. The SMILES string of the molecule is Cc1sccc1C(=O)N1CCOC2(CCN(CCCCCCCCCNC[C@H](O)c3ccc(O)c4[nH]c(=O)sc34)CC2)C1. The van der Waals surface area contributed by atoms with Crippen LogP contribution in [0, 0.1) is 6.92 Å². The number of likely N-dealkylation sites (tertiary alicyclic amines) is 1. The number of piperidine rings is 1. The van der Waals surface area contributed by atoms with Gasteiger partial charge in [-0.25, -0.2) is 0 Å². The molecule has 236 valence electrons. The summed E-state index contributed by atoms with van der Waals surface area (Å²) in [6.07, 6.45) is 9.75. The van der Waals surface area contributed by atoms with Crippen LogP contribution >= 0.6 is 22.7 Å². The fourth-order valence-corrected chi connectivity index (χ4v) is 8.01. The number of aliphatic hydroxyl groups is 1. The van der Waals surface area contributed by atoms with Crippen LogP contribution in [0.1, 0.15) is 84.7 Å². The van der Waals surface area contributed by atoms with Crippen molar-refractivity contribution in [3.63, 3.8) is 0 Å². The number of rotatable bonds is 14. The Kier molecular flexibility index (Phi) is 11.3. The Hall–Kier alpha value is -2.28. The maximum atomic E-state index is 13.0. The highest BCUT2D eigenvalue weighted by atomic mass is 32.1. The second-order valence-corrected chi connectivity index (χ2v) is 14.2. The Balaban J connectivity index is 0.885. The van der Waals surface area contributed by atoms with E-state index < -0.39 is 6.10 Å². The molecule has 2 aliphatic rings. The molecule has 0 saturated carbocycles. The van der Waals surface area contributed by atoms with E-state index in [1.807, 2.05) is 23.3 Å². The second-order valence-electron chi connectivity index (χ2n) is 12.1. The number of phenolic OH excluding ortho intramolecular Hbond substituents is 1. The number of aromatic nitrogens is 1. The number of amides is 1. The highest BCUT2D eigenvalue weighted by molar-refractivity contribution is 7.16. The zero-order valence-electron chi connectivity index (χ0n) is 25.2. The number of aryl methyl sites for hydroxylation is 1. The molecule has 1 aromatic carbocycles. The summed E-state index contributed by atoms with van der Waals surface area (Å²) >= 11 is 2.65. The molecule has 1 atom stereocenters. The van der Waals surface area contributed by atoms with Crippen molar-refractivity contribution in [3.05, 3.63) is 49.3 Å². The van der Waals surface area contributed by atoms with Crippen molar-refractivity contribution >= 4 is 38.8 Å². The van der Waals surface area contributed by atoms with Crippen molar-refractivity contribution in [2.75, 3.05) is 52.4 Å². The molecule has 9 nitrogen and oxygen atoms in total. The van der Waals surface area contributed by atoms with Crippen molar-refractivity contribution < 1.29 is 19.7 Å². The first-order valence-corrected chi connectivity index (χ1v) is 17.5. The summed E-state index contributed by atoms with van der Waals surface area (Å²) in [5.74, 6) is 0.183. The predicted molar refractivity (Wildman–Crippen MR) is 174 cm³/mol. The first kappa shape index (κ1) is 32.1. The lowest BCUT2D eigenvalue weighted by atomic mass is 9.89. The first-order chi connectivity index (χ1) is 20.8. The normalized spacial score (nSPS) is 18.0. The quantitative estimate of drug-likeness (QED) is 0.185. The van der Waals surface area contributed by atoms with Gasteiger partial charge in [-0.1, -0.05) is 49.5 Å². The number of nitrogens with zero attached hydrogens (tertiary/aromatic N) is 2. The number of benzene rings is 1. The van der Waals surface area contributed by atoms with Gasteiger partial charge in [0, 0.05) is 36.6 Å². The molecule has 5 rings (SSSR count). The molecule has 4 heterocycles. The van der Waals surface area contributed by atoms with E-state index in [0.29, 0.717) is 42.0 Å². The lowest BCUT2D eigenvalue weighted by Gasteiger charge is -2.47. The average Bonchev–Trinajstić information content (AvgIpc) is 3.62. The number of aromatic amines is 1. The Morgan fingerprint density at radius 2 is 1.84 bits per heavy atom. The van der Waals surface area contributed by atoms with Gasteiger partial charge < -0.3 is 35.1 Å². The largest absolute Gasteiger partial charge is 0.506 e. The van der Waals surface area contributed by atoms with Crippen LogP contribution in [-0.4, -0.2) is 88.9 Å². The third kappa shape index (κ3) is 8.26. The molecule has 3 aromatic rings. The molecule has 11 heteroatoms. The summed E-state index contributed by atoms with van der Waals surface area (Å²) < 4.78 is 6.90. The number of thiazole rings is 1. The Morgan fingerprint density at radius 3 is 2.58 bits per heavy atom. The van der Waals surface area contributed by atoms with Crippen LogP contribution in [0.3, 0.4) is 0 Å². The number of nitrogens with one attached hydrogen (secondary N) is 2. The Bertz CT molecular complexity index is 1390. The van der Waals surface area contributed by atoms with E-state index in [0.717, 1.165) is 67.2 Å². The molecule has 1 amide bonds. The van der Waals surface area contributed by atoms with E-state index in [-0.39, 0.29) is 22.1 Å². The van der Waals surface area contributed by atoms with Gasteiger partial charge in [0.05, 0.1) is 35.1 Å². The highest BCUT2D eigenvalue weighted by Crippen LogP contribution is 2.32. The molecule has 0 radical (unpaired) electrons. The molecular formula is C32H46N4O5S2. The van der Waals surface area contributed by atoms with Gasteiger partial charge in [-0.2, -0.15) is 0 Å². The van der Waals surface area contributed by atoms with Crippen LogP contribution < -0.4 is 10.2 Å². The lowest BCUT2D eigenvalue weighted by molar-refractivity contribution is -0.127. The van der Waals surface area contributed by atoms with Gasteiger partial charge in [0.1, 0.15) is 11.3 Å². The van der Waals surface area contributed by atoms with Crippen LogP contribution in [0.2, 0.25) is 0 Å². The molecule has 0 aliphatic carbocycles. The minimum absolute atomic E-state index is 0.0263. The number of unbranched alkanes of at least 4 members (excludes halogenated alkanes) is 6. The van der Waals surface area contributed by atoms with Crippen molar-refractivity contribution in [1.82, 2.24) is 20.1 Å². The number of carbonyl (C=O) groups is 1. The topological polar surface area (TPSA) is 118 Å². The zero-order chi connectivity index (χ0) is 30.2. The van der Waals surface area contributed by atoms with Crippen LogP contribution in [0.4, 0.5) is 0 Å². The molecule has 0 bridgehead atoms. The van der Waals surface area contributed by atoms with Gasteiger partial charge in [0.2, 0.25) is 0 Å². The van der Waals surface area contributed by atoms with Crippen LogP contribution in [-0.2, 0) is 4.74 Å². The van der Waals surface area contributed by atoms with Crippen LogP contribution in [0.15, 0.2) is 28.4 Å². The maximum absolute atomic E-state index is 13.0. The lowest BCUT2D eigenvalue weighted by Crippen LogP contribution is -2.58. The monoisotopic (exact) mass is 630 g/mol. The summed E-state index contributed by atoms with van der Waals surface area (Å²) in [7, 11) is 0. The second kappa shape index (κ2) is 15.1. The number of phenols is 1. The molecule has 0 unspecified atom stereocenters. The van der Waals surface area contributed by atoms with E-state index in [1.54, 1.807) is 17.4 Å². The molecule has 4 N–H and O–H groups in total. The minimum Gasteiger partial charge on any atom is -0.506 e. The van der Waals surface area contributed by atoms with Crippen molar-refractivity contribution in [3.8, 4) is 5.75 Å². The standard InChI is InChI=1S/C32H46N4O5S2/c1-23-24(11-20-42-23)30(39)36-18-19-41-32(22-36)12-16-35(17-13-32)15-8-6-4-2-3-5-7-14-33-21-27(38)25-9-10-26(37)28-29(25)43-31(40)34-28/h9-11,20,27,33,37-38H,2-8,12-19,21-22H2,1H3,(H,34,40)/t27-/m0/s1. The van der Waals surface area contributed by atoms with Gasteiger partial charge in [-0.3, -0.25) is 9.59 Å². The number of aliphatic hydroxyl groups excluding tert-OH is 1. The number of thiophene rings is 1. The van der Waals surface area contributed by atoms with Crippen molar-refractivity contribution in [2.24, 2.45) is 0 Å². The number of aromatic hydroxyl groups is 1. The smallest absolute Gasteiger partial charge is 0.305 e. The van der Waals surface area contributed by atoms with E-state index in [2.05, 4.69) is 15.2 Å². The Labute approximate surface area is 261 Å². The average molecular weight is 631 g/mol. The number of ether oxygens (including phenoxy) is 1. The highest BCUT2D eigenvalue weighted by Gasteiger charge is 2.41. The number of hydrogen-bond acceptors (Lipinski definition) is 9. The van der Waals surface area contributed by atoms with Crippen LogP contribution in [0.25, 0.3) is 10.2 Å². The summed E-state index contributed by atoms with van der Waals surface area (Å²) in [4.78, 5) is 32.8. The molecular weight excluding hydrogens is 585 g/mol. The van der Waals surface area contributed by atoms with E-state index in [9.17, 15) is 19.8 Å². The van der Waals surface area contributed by atoms with Gasteiger partial charge in [-0.05, 0) is 63.2 Å². The van der Waals surface area contributed by atoms with Gasteiger partial charge in [-0.15, -0.1) is 11.3 Å². The van der Waals surface area contributed by atoms with E-state index >= 15 is 0 Å². The van der Waals surface area contributed by atoms with E-state index in [1.165, 1.54) is 44.6 Å². The fraction of sp³-hybridized carbons (Fsp3) is 0.625. The van der Waals surface area contributed by atoms with Gasteiger partial charge in [0.25, 0.3) is 5.91 Å². The summed E-state index contributed by atoms with van der Waals surface area (Å²) in [5.41, 5.74) is 1.73. The Morgan fingerprint density at radius 1 is 1.09 bits per heavy atom. The van der Waals surface area contributed by atoms with Crippen LogP contribution in [0.5, 0.6) is 5.75 Å². The van der Waals surface area contributed by atoms with Crippen molar-refractivity contribution in [2.45, 2.75) is 76.4 Å². The summed E-state index contributed by atoms with van der Waals surface area (Å²) in [6, 6.07) is 5.15. The first-order valence-electron chi connectivity index (χ1n) is 15.8. The van der Waals surface area contributed by atoms with Gasteiger partial charge in [0.15, 0.2) is 0 Å². The number of carbonyl (C=O) groups excluding carboxylic acids is 1. The number of H-pyrrole nitrogens is 1. The van der Waals surface area contributed by atoms with Crippen molar-refractivity contribution in [1.29, 1.82) is 0 Å². The number of hydrogen-bond donors (Lipinski definition) is 4. The number of fused-ring (bicyclic) bond motifs is 1. The molecule has 2 saturated heterocycles. The molecule has 1 spiro atoms. The zero-order valence-corrected chi connectivity index (χ0v) is 26.9. The molecule has 2 aromatic heterocycles. The molecule has 2 fully saturated rings.